The minimum absolute atomic E-state index is 0.0226. The van der Waals surface area contributed by atoms with E-state index >= 15 is 0 Å². The molecule has 33 heteroatoms. The van der Waals surface area contributed by atoms with E-state index in [9.17, 15) is 60.3 Å². The average molecular weight is 1550 g/mol. The van der Waals surface area contributed by atoms with E-state index in [1.165, 1.54) is 69.2 Å². The molecule has 8 aliphatic rings. The number of alkyl carbamates (subject to hydrolysis) is 2. The van der Waals surface area contributed by atoms with Crippen molar-refractivity contribution in [2.75, 3.05) is 41.3 Å². The number of para-hydroxylation sites is 4. The van der Waals surface area contributed by atoms with E-state index in [2.05, 4.69) is 46.2 Å². The Hall–Kier alpha value is -7.91. The molecule has 107 heavy (non-hydrogen) atoms. The van der Waals surface area contributed by atoms with Gasteiger partial charge in [-0.25, -0.2) is 24.0 Å². The monoisotopic (exact) mass is 1550 g/mol. The van der Waals surface area contributed by atoms with Gasteiger partial charge in [-0.3, -0.25) is 33.3 Å². The van der Waals surface area contributed by atoms with Gasteiger partial charge in [-0.1, -0.05) is 99.9 Å². The lowest BCUT2D eigenvalue weighted by Crippen LogP contribution is -2.58. The lowest BCUT2D eigenvalue weighted by Gasteiger charge is -2.30. The molecule has 0 spiro atoms. The van der Waals surface area contributed by atoms with E-state index in [-0.39, 0.29) is 44.8 Å². The van der Waals surface area contributed by atoms with Gasteiger partial charge in [0.2, 0.25) is 28.9 Å². The molecule has 2 aromatic heterocycles. The van der Waals surface area contributed by atoms with E-state index < -0.39 is 139 Å². The molecule has 0 bridgehead atoms. The van der Waals surface area contributed by atoms with Crippen LogP contribution in [0.1, 0.15) is 195 Å². The maximum atomic E-state index is 14.5. The van der Waals surface area contributed by atoms with Crippen molar-refractivity contribution in [2.45, 2.75) is 254 Å². The first kappa shape index (κ1) is 81.6. The van der Waals surface area contributed by atoms with E-state index in [1.54, 1.807) is 47.6 Å². The number of rotatable bonds is 12. The molecule has 4 aliphatic carbocycles. The number of carbonyl (C=O) groups is 8. The zero-order valence-electron chi connectivity index (χ0n) is 63.0. The van der Waals surface area contributed by atoms with Crippen molar-refractivity contribution in [1.82, 2.24) is 68.2 Å². The summed E-state index contributed by atoms with van der Waals surface area (Å²) in [6.07, 6.45) is 20.4. The van der Waals surface area contributed by atoms with Crippen molar-refractivity contribution >= 4 is 102 Å². The zero-order chi connectivity index (χ0) is 77.6. The van der Waals surface area contributed by atoms with Gasteiger partial charge in [0.05, 0.1) is 34.7 Å². The molecule has 6 fully saturated rings. The number of nitrogens with zero attached hydrogens (tertiary/aromatic N) is 8. The van der Waals surface area contributed by atoms with Gasteiger partial charge in [0.1, 0.15) is 52.6 Å². The topological polar surface area (TPSA) is 374 Å². The zero-order valence-corrected chi connectivity index (χ0v) is 65.4. The molecule has 4 aliphatic heterocycles. The maximum Gasteiger partial charge on any atom is 0.408 e. The third-order valence-electron chi connectivity index (χ3n) is 20.9. The molecule has 6 heterocycles. The van der Waals surface area contributed by atoms with Crippen LogP contribution in [0.25, 0.3) is 22.1 Å². The number of amides is 8. The summed E-state index contributed by atoms with van der Waals surface area (Å²) >= 11 is 6.20. The lowest BCUT2D eigenvalue weighted by atomic mass is 10.0. The fourth-order valence-corrected chi connectivity index (χ4v) is 16.6. The molecule has 10 atom stereocenters. The van der Waals surface area contributed by atoms with Crippen LogP contribution < -0.4 is 35.4 Å². The number of carbonyl (C=O) groups excluding carboxylic acids is 8. The lowest BCUT2D eigenvalue weighted by molar-refractivity contribution is -0.141. The summed E-state index contributed by atoms with van der Waals surface area (Å²) in [6, 6.07) is 13.0. The van der Waals surface area contributed by atoms with Crippen molar-refractivity contribution in [3.05, 3.63) is 78.1 Å². The van der Waals surface area contributed by atoms with Crippen molar-refractivity contribution in [3.63, 3.8) is 0 Å². The fourth-order valence-electron chi connectivity index (χ4n) is 15.1. The third kappa shape index (κ3) is 20.1. The maximum absolute atomic E-state index is 14.5. The van der Waals surface area contributed by atoms with Crippen LogP contribution >= 0.6 is 11.6 Å². The molecule has 0 unspecified atom stereocenters. The summed E-state index contributed by atoms with van der Waals surface area (Å²) in [7, 11) is -3.10. The van der Waals surface area contributed by atoms with Crippen LogP contribution in [0, 0.1) is 11.8 Å². The number of imidazole rings is 2. The summed E-state index contributed by atoms with van der Waals surface area (Å²) in [5, 5.41) is 22.0. The second kappa shape index (κ2) is 33.9. The Balaban J connectivity index is 0.000000196. The molecule has 0 radical (unpaired) electrons. The van der Waals surface area contributed by atoms with E-state index in [0.717, 1.165) is 76.5 Å². The fraction of sp³-hybridized carbons (Fsp3) is 0.649. The highest BCUT2D eigenvalue weighted by Crippen LogP contribution is 2.48. The Morgan fingerprint density at radius 2 is 0.981 bits per heavy atom. The van der Waals surface area contributed by atoms with Gasteiger partial charge in [-0.2, -0.15) is 30.4 Å². The Morgan fingerprint density at radius 3 is 1.44 bits per heavy atom. The van der Waals surface area contributed by atoms with Crippen molar-refractivity contribution in [1.29, 1.82) is 0 Å². The van der Waals surface area contributed by atoms with Crippen LogP contribution in [-0.4, -0.2) is 207 Å². The number of allylic oxidation sites excluding steroid dienone is 2. The van der Waals surface area contributed by atoms with E-state index in [1.807, 2.05) is 65.4 Å². The van der Waals surface area contributed by atoms with Gasteiger partial charge in [-0.15, -0.1) is 0 Å². The molecule has 4 saturated carbocycles. The van der Waals surface area contributed by atoms with Crippen molar-refractivity contribution in [2.24, 2.45) is 11.8 Å². The first-order valence-corrected chi connectivity index (χ1v) is 40.8. The van der Waals surface area contributed by atoms with Gasteiger partial charge in [0.15, 0.2) is 0 Å². The predicted molar refractivity (Wildman–Crippen MR) is 400 cm³/mol. The number of hydrogen-bond acceptors (Lipinski definition) is 18. The molecule has 30 nitrogen and oxygen atoms in total. The average Bonchev–Trinajstić information content (AvgIpc) is 1.58. The molecular weight excluding hydrogens is 1440 g/mol. The summed E-state index contributed by atoms with van der Waals surface area (Å²) in [5.74, 6) is -4.90. The van der Waals surface area contributed by atoms with Gasteiger partial charge < -0.3 is 55.0 Å². The summed E-state index contributed by atoms with van der Waals surface area (Å²) in [5.41, 5.74) is -0.695. The Morgan fingerprint density at radius 1 is 0.570 bits per heavy atom. The number of aliphatic hydroxyl groups excluding tert-OH is 1. The normalized spacial score (nSPS) is 27.7. The number of nitrogens with one attached hydrogen (secondary N) is 6. The van der Waals surface area contributed by atoms with Crippen LogP contribution in [0.2, 0.25) is 5.28 Å². The molecular formula is C74H107ClN14O16S2. The predicted octanol–water partition coefficient (Wildman–Crippen LogP) is 7.67. The largest absolute Gasteiger partial charge is 0.459 e. The first-order valence-electron chi connectivity index (χ1n) is 37.5. The molecule has 8 amide bonds. The highest BCUT2D eigenvalue weighted by molar-refractivity contribution is 7.88. The second-order valence-electron chi connectivity index (χ2n) is 31.8. The third-order valence-corrected chi connectivity index (χ3v) is 23.9. The van der Waals surface area contributed by atoms with Crippen LogP contribution in [0.3, 0.4) is 0 Å². The quantitative estimate of drug-likeness (QED) is 0.0669. The van der Waals surface area contributed by atoms with Gasteiger partial charge in [0.25, 0.3) is 17.8 Å². The van der Waals surface area contributed by atoms with Gasteiger partial charge in [0, 0.05) is 71.5 Å². The minimum Gasteiger partial charge on any atom is -0.459 e. The smallest absolute Gasteiger partial charge is 0.408 e. The molecule has 7 N–H and O–H groups in total. The van der Waals surface area contributed by atoms with Crippen LogP contribution in [0.4, 0.5) is 9.59 Å². The van der Waals surface area contributed by atoms with Crippen LogP contribution in [0.15, 0.2) is 72.8 Å². The summed E-state index contributed by atoms with van der Waals surface area (Å²) in [6.45, 7) is 10.2. The number of benzene rings is 2. The molecule has 2 saturated heterocycles. The molecule has 4 aromatic rings. The number of hydrogen-bond donors (Lipinski definition) is 7. The molecule has 2 aromatic carbocycles. The number of aliphatic hydroxyl groups is 1. The van der Waals surface area contributed by atoms with E-state index in [4.69, 9.17) is 30.8 Å². The minimum atomic E-state index is -4.15. The second-order valence-corrected chi connectivity index (χ2v) is 35.9. The molecule has 588 valence electrons. The summed E-state index contributed by atoms with van der Waals surface area (Å²) in [4.78, 5) is 120. The first-order chi connectivity index (χ1) is 50.5. The number of halogens is 1. The number of fused-ring (bicyclic) bond motifs is 6. The van der Waals surface area contributed by atoms with Crippen molar-refractivity contribution < 1.29 is 74.5 Å². The van der Waals surface area contributed by atoms with E-state index in [0.29, 0.717) is 55.9 Å². The number of aromatic nitrogens is 4. The Bertz CT molecular complexity index is 4220. The van der Waals surface area contributed by atoms with Crippen LogP contribution in [0.5, 0.6) is 6.01 Å². The highest BCUT2D eigenvalue weighted by atomic mass is 35.5. The van der Waals surface area contributed by atoms with Crippen molar-refractivity contribution in [3.8, 4) is 6.01 Å². The standard InChI is InChI=1S/C37H53N7O8S.C25H41N5O8S.C12H13ClN2/c1-36(2,3)52-35(48)39-28-19-10-8-6-7-9-15-24-22-37(24,33(47)41-53(49,50)42(4)5)40-31(45)30-21-26(23-43(30)32(28)46)51-34-38-27-18-13-14-20-29(27)44(34)25-16-11-12-17-25;1-24(2,3)38-23(35)26-18-12-10-8-6-7-9-11-16-14-25(16,22(34)28-39(36,37)29(4)5)27-20(32)19-13-17(31)15-30(19)21(18)33;13-12-14-10-7-3-4-8-11(10)15(12)9-5-1-2-6-9/h9,13-15,18,20,24-26,28,30H,6-8,10-12,16-17,19,21-23H2,1-5H3,(H,39,48)(H,40,45)(H,41,47);9,11,16-19,31H,6-8,10,12-15H2,1-5H3,(H,26,35)(H,27,32)(H,28,34);3-4,7-9H,1-2,5-6H2/b15-9-;11-9-;/t24-,26-,28+,30+,37-;16-,17-,18+,19+,25-;/m11./s1. The molecule has 12 rings (SSSR count). The van der Waals surface area contributed by atoms with Gasteiger partial charge >= 0.3 is 32.6 Å². The summed E-state index contributed by atoms with van der Waals surface area (Å²) < 4.78 is 77.7. The Kier molecular flexibility index (Phi) is 25.9. The SMILES string of the molecule is CN(C)S(=O)(=O)NC(=O)[C@@]12C[C@H]1/C=C\CCCCC[C@H](NC(=O)OC(C)(C)C)C(=O)N1C[C@H](O)C[C@H]1C(=O)N2.CN(C)S(=O)(=O)NC(=O)[C@@]12C[C@H]1/C=C\CCCCC[C@H](NC(=O)OC(C)(C)C)C(=O)N1C[C@H](Oc3nc4ccccc4n3C3CCCC3)C[C@H]1C(=O)N2.Clc1nc2ccccc2n1C1CCCC1. The number of ether oxygens (including phenoxy) is 3. The Labute approximate surface area is 631 Å². The van der Waals surface area contributed by atoms with Crippen LogP contribution in [-0.2, 0) is 58.7 Å². The highest BCUT2D eigenvalue weighted by Gasteiger charge is 2.63. The van der Waals surface area contributed by atoms with Gasteiger partial charge in [-0.05, 0) is 154 Å².